The van der Waals surface area contributed by atoms with E-state index in [9.17, 15) is 39.9 Å². The highest BCUT2D eigenvalue weighted by molar-refractivity contribution is 5.76. The van der Waals surface area contributed by atoms with Crippen molar-refractivity contribution in [3.63, 3.8) is 0 Å². The predicted molar refractivity (Wildman–Crippen MR) is 185 cm³/mol. The number of carbonyl (C=O) groups is 3. The Hall–Kier alpha value is -2.09. The molecule has 5 N–H and O–H groups in total. The van der Waals surface area contributed by atoms with E-state index < -0.39 is 66.6 Å². The molecule has 0 unspecified atom stereocenters. The van der Waals surface area contributed by atoms with E-state index >= 15 is 0 Å². The van der Waals surface area contributed by atoms with Crippen molar-refractivity contribution in [1.29, 1.82) is 0 Å². The van der Waals surface area contributed by atoms with Gasteiger partial charge in [0.2, 0.25) is 0 Å². The lowest BCUT2D eigenvalue weighted by molar-refractivity contribution is -0.321. The van der Waals surface area contributed by atoms with Gasteiger partial charge in [-0.05, 0) is 117 Å². The highest BCUT2D eigenvalue weighted by Gasteiger charge is 2.72. The fourth-order valence-electron chi connectivity index (χ4n) is 13.6. The SMILES string of the molecule is C=C(C)[C@@H]1CC[C@]2(C(=O)O)CC[C@]3(C)[C@H](CC[C@@H]4[C@@]5(C)CC[C@H](OC(=O)CN(OC)[C@@H]6O[C@H](C(=O)O)[C@@H](O)[C@H](O)[C@H]6O)C(C)(C)[C@@H]5CC[C@]43C)[C@@H]12. The lowest BCUT2D eigenvalue weighted by Crippen LogP contribution is -2.67. The zero-order valence-corrected chi connectivity index (χ0v) is 31.5. The van der Waals surface area contributed by atoms with E-state index in [4.69, 9.17) is 14.3 Å². The number of hydrogen-bond donors (Lipinski definition) is 5. The van der Waals surface area contributed by atoms with Crippen LogP contribution < -0.4 is 0 Å². The first kappa shape index (κ1) is 38.6. The number of carboxylic acids is 2. The van der Waals surface area contributed by atoms with Crippen LogP contribution in [0.15, 0.2) is 12.2 Å². The average Bonchev–Trinajstić information content (AvgIpc) is 3.46. The van der Waals surface area contributed by atoms with Crippen molar-refractivity contribution in [2.24, 2.45) is 56.7 Å². The Morgan fingerprint density at radius 3 is 2.12 bits per heavy atom. The van der Waals surface area contributed by atoms with E-state index in [1.54, 1.807) is 0 Å². The number of hydrogen-bond acceptors (Lipinski definition) is 10. The van der Waals surface area contributed by atoms with Crippen molar-refractivity contribution in [2.75, 3.05) is 13.7 Å². The monoisotopic (exact) mass is 719 g/mol. The van der Waals surface area contributed by atoms with E-state index in [0.717, 1.165) is 68.4 Å². The Balaban J connectivity index is 1.19. The number of carboxylic acid groups (broad SMARTS) is 2. The van der Waals surface area contributed by atoms with Crippen LogP contribution in [0.25, 0.3) is 0 Å². The molecule has 6 rings (SSSR count). The second kappa shape index (κ2) is 13.0. The molecule has 12 heteroatoms. The smallest absolute Gasteiger partial charge is 0.335 e. The molecule has 15 atom stereocenters. The first-order valence-electron chi connectivity index (χ1n) is 19.0. The maximum Gasteiger partial charge on any atom is 0.335 e. The highest BCUT2D eigenvalue weighted by Crippen LogP contribution is 2.77. The Labute approximate surface area is 301 Å². The number of nitrogens with zero attached hydrogens (tertiary/aromatic N) is 1. The van der Waals surface area contributed by atoms with E-state index in [-0.39, 0.29) is 39.4 Å². The van der Waals surface area contributed by atoms with Crippen LogP contribution in [0.2, 0.25) is 0 Å². The number of carbonyl (C=O) groups excluding carboxylic acids is 1. The molecule has 0 spiro atoms. The Morgan fingerprint density at radius 2 is 1.51 bits per heavy atom. The van der Waals surface area contributed by atoms with Crippen molar-refractivity contribution in [3.8, 4) is 0 Å². The van der Waals surface area contributed by atoms with Gasteiger partial charge in [0.25, 0.3) is 0 Å². The maximum absolute atomic E-state index is 13.5. The number of aliphatic hydroxyl groups excluding tert-OH is 3. The summed E-state index contributed by atoms with van der Waals surface area (Å²) < 4.78 is 11.5. The summed E-state index contributed by atoms with van der Waals surface area (Å²) in [5, 5.41) is 52.0. The standard InChI is InChI=1S/C39H61NO11/c1-20(2)21-11-16-39(34(47)48)18-17-37(6)22(27(21)39)9-10-24-36(5)14-13-25(35(3,4)23(36)12-15-38(24,37)7)50-26(41)19-40(49-8)32-30(44)28(42)29(43)31(51-32)33(45)46/h21-25,27-32,42-44H,1,9-19H2,2-8H3,(H,45,46)(H,47,48)/t21-,22+,23-,24+,25-,27+,28-,29-,30+,31-,32+,36-,37+,38+,39-/m0/s1. The van der Waals surface area contributed by atoms with E-state index in [1.807, 2.05) is 0 Å². The molecule has 0 aromatic heterocycles. The van der Waals surface area contributed by atoms with Gasteiger partial charge in [-0.1, -0.05) is 46.8 Å². The fraction of sp³-hybridized carbons (Fsp3) is 0.872. The van der Waals surface area contributed by atoms with Gasteiger partial charge in [0.1, 0.15) is 31.0 Å². The second-order valence-electron chi connectivity index (χ2n) is 18.5. The first-order chi connectivity index (χ1) is 23.7. The molecule has 6 fully saturated rings. The van der Waals surface area contributed by atoms with Gasteiger partial charge in [-0.3, -0.25) is 14.4 Å². The molecular formula is C39H61NO11. The zero-order chi connectivity index (χ0) is 37.6. The summed E-state index contributed by atoms with van der Waals surface area (Å²) in [6, 6.07) is 0. The van der Waals surface area contributed by atoms with Crippen molar-refractivity contribution < 1.29 is 54.2 Å². The van der Waals surface area contributed by atoms with Gasteiger partial charge < -0.3 is 35.0 Å². The third-order valence-corrected chi connectivity index (χ3v) is 16.3. The summed E-state index contributed by atoms with van der Waals surface area (Å²) >= 11 is 0. The number of esters is 1. The molecule has 1 heterocycles. The fourth-order valence-corrected chi connectivity index (χ4v) is 13.6. The van der Waals surface area contributed by atoms with E-state index in [2.05, 4.69) is 48.1 Å². The molecule has 0 aromatic rings. The van der Waals surface area contributed by atoms with Crippen LogP contribution in [-0.2, 0) is 28.7 Å². The van der Waals surface area contributed by atoms with Gasteiger partial charge in [0, 0.05) is 5.41 Å². The van der Waals surface area contributed by atoms with Crippen molar-refractivity contribution in [3.05, 3.63) is 12.2 Å². The van der Waals surface area contributed by atoms with Crippen LogP contribution in [0.4, 0.5) is 0 Å². The predicted octanol–water partition coefficient (Wildman–Crippen LogP) is 4.40. The summed E-state index contributed by atoms with van der Waals surface area (Å²) in [5.41, 5.74) is 0.162. The topological polar surface area (TPSA) is 183 Å². The number of aliphatic hydroxyl groups is 3. The van der Waals surface area contributed by atoms with E-state index in [0.29, 0.717) is 18.3 Å². The lowest BCUT2D eigenvalue weighted by atomic mass is 9.32. The van der Waals surface area contributed by atoms with Crippen LogP contribution in [0, 0.1) is 56.7 Å². The molecule has 288 valence electrons. The van der Waals surface area contributed by atoms with Crippen molar-refractivity contribution in [1.82, 2.24) is 5.06 Å². The maximum atomic E-state index is 13.5. The number of rotatable bonds is 8. The van der Waals surface area contributed by atoms with Gasteiger partial charge in [-0.15, -0.1) is 5.06 Å². The van der Waals surface area contributed by atoms with Gasteiger partial charge in [-0.25, -0.2) is 4.79 Å². The number of allylic oxidation sites excluding steroid dienone is 1. The number of hydroxylamine groups is 2. The average molecular weight is 720 g/mol. The van der Waals surface area contributed by atoms with Gasteiger partial charge in [0.15, 0.2) is 12.3 Å². The largest absolute Gasteiger partial charge is 0.481 e. The molecule has 0 amide bonds. The number of aliphatic carboxylic acids is 2. The van der Waals surface area contributed by atoms with Crippen molar-refractivity contribution in [2.45, 2.75) is 142 Å². The zero-order valence-electron chi connectivity index (χ0n) is 31.5. The van der Waals surface area contributed by atoms with Crippen LogP contribution in [0.5, 0.6) is 0 Å². The molecule has 5 aliphatic carbocycles. The minimum absolute atomic E-state index is 0.000414. The molecule has 0 radical (unpaired) electrons. The van der Waals surface area contributed by atoms with Gasteiger partial charge >= 0.3 is 17.9 Å². The summed E-state index contributed by atoms with van der Waals surface area (Å²) in [7, 11) is 1.24. The van der Waals surface area contributed by atoms with Gasteiger partial charge in [0.05, 0.1) is 12.5 Å². The molecule has 1 saturated heterocycles. The third-order valence-electron chi connectivity index (χ3n) is 16.3. The Bertz CT molecular complexity index is 1420. The molecule has 6 aliphatic rings. The Morgan fingerprint density at radius 1 is 0.824 bits per heavy atom. The molecule has 0 aromatic carbocycles. The minimum Gasteiger partial charge on any atom is -0.481 e. The number of fused-ring (bicyclic) bond motifs is 7. The summed E-state index contributed by atoms with van der Waals surface area (Å²) in [5.74, 6) is -1.35. The van der Waals surface area contributed by atoms with Crippen LogP contribution in [-0.4, -0.2) is 98.9 Å². The van der Waals surface area contributed by atoms with Crippen LogP contribution in [0.1, 0.15) is 106 Å². The third kappa shape index (κ3) is 5.55. The molecule has 51 heavy (non-hydrogen) atoms. The summed E-state index contributed by atoms with van der Waals surface area (Å²) in [6.45, 7) is 17.8. The van der Waals surface area contributed by atoms with Crippen LogP contribution in [0.3, 0.4) is 0 Å². The second-order valence-corrected chi connectivity index (χ2v) is 18.5. The van der Waals surface area contributed by atoms with Crippen molar-refractivity contribution >= 4 is 17.9 Å². The summed E-state index contributed by atoms with van der Waals surface area (Å²) in [4.78, 5) is 43.4. The molecule has 0 bridgehead atoms. The van der Waals surface area contributed by atoms with E-state index in [1.165, 1.54) is 7.11 Å². The van der Waals surface area contributed by atoms with Crippen LogP contribution >= 0.6 is 0 Å². The molecule has 12 nitrogen and oxygen atoms in total. The quantitative estimate of drug-likeness (QED) is 0.136. The molecule has 5 saturated carbocycles. The molecular weight excluding hydrogens is 658 g/mol. The molecule has 1 aliphatic heterocycles. The minimum atomic E-state index is -1.86. The normalized spacial score (nSPS) is 48.8. The number of ether oxygens (including phenoxy) is 2. The lowest BCUT2D eigenvalue weighted by Gasteiger charge is -2.72. The highest BCUT2D eigenvalue weighted by atomic mass is 16.7. The summed E-state index contributed by atoms with van der Waals surface area (Å²) in [6.07, 6.45) is -0.214. The van der Waals surface area contributed by atoms with Gasteiger partial charge in [-0.2, -0.15) is 0 Å². The first-order valence-corrected chi connectivity index (χ1v) is 19.0. The Kier molecular flexibility index (Phi) is 9.88.